The van der Waals surface area contributed by atoms with Crippen molar-refractivity contribution in [2.45, 2.75) is 31.6 Å². The van der Waals surface area contributed by atoms with Crippen molar-refractivity contribution in [3.05, 3.63) is 52.5 Å². The Hall–Kier alpha value is -2.29. The van der Waals surface area contributed by atoms with Crippen molar-refractivity contribution in [3.63, 3.8) is 0 Å². The average molecular weight is 506 g/mol. The van der Waals surface area contributed by atoms with Crippen LogP contribution in [0.15, 0.2) is 41.3 Å². The van der Waals surface area contributed by atoms with Crippen LogP contribution in [0.3, 0.4) is 0 Å². The Morgan fingerprint density at radius 1 is 1.00 bits per heavy atom. The summed E-state index contributed by atoms with van der Waals surface area (Å²) < 4.78 is 33.3. The van der Waals surface area contributed by atoms with Crippen LogP contribution in [0.5, 0.6) is 5.75 Å². The van der Waals surface area contributed by atoms with Crippen molar-refractivity contribution in [1.82, 2.24) is 9.21 Å². The van der Waals surface area contributed by atoms with Crippen molar-refractivity contribution in [2.24, 2.45) is 5.92 Å². The normalized spacial score (nSPS) is 19.8. The summed E-state index contributed by atoms with van der Waals surface area (Å²) in [5.41, 5.74) is 3.02. The van der Waals surface area contributed by atoms with Crippen LogP contribution < -0.4 is 9.64 Å². The van der Waals surface area contributed by atoms with Gasteiger partial charge in [-0.2, -0.15) is 4.31 Å². The second-order valence-corrected chi connectivity index (χ2v) is 11.5. The minimum Gasteiger partial charge on any atom is -0.496 e. The van der Waals surface area contributed by atoms with Gasteiger partial charge < -0.3 is 14.5 Å². The first-order chi connectivity index (χ1) is 16.2. The van der Waals surface area contributed by atoms with Crippen LogP contribution in [-0.4, -0.2) is 69.9 Å². The molecule has 2 saturated heterocycles. The van der Waals surface area contributed by atoms with Gasteiger partial charge in [0.1, 0.15) is 5.75 Å². The SMILES string of the molecule is COc1ccc(S(=O)(=O)N2CCC[C@@H](C(=O)N3CCN(c4cc(Cl)ccc4C)CC3)C2)cc1C. The minimum absolute atomic E-state index is 0.0493. The first-order valence-corrected chi connectivity index (χ1v) is 13.5. The average Bonchev–Trinajstić information content (AvgIpc) is 2.85. The molecular formula is C25H32ClN3O4S. The summed E-state index contributed by atoms with van der Waals surface area (Å²) in [5.74, 6) is 0.383. The van der Waals surface area contributed by atoms with Gasteiger partial charge in [0.2, 0.25) is 15.9 Å². The molecule has 0 aliphatic carbocycles. The number of hydrogen-bond acceptors (Lipinski definition) is 5. The van der Waals surface area contributed by atoms with E-state index in [-0.39, 0.29) is 23.3 Å². The summed E-state index contributed by atoms with van der Waals surface area (Å²) in [6.07, 6.45) is 1.38. The van der Waals surface area contributed by atoms with E-state index in [4.69, 9.17) is 16.3 Å². The van der Waals surface area contributed by atoms with Crippen LogP contribution in [0.4, 0.5) is 5.69 Å². The molecule has 7 nitrogen and oxygen atoms in total. The molecule has 0 aromatic heterocycles. The van der Waals surface area contributed by atoms with E-state index in [2.05, 4.69) is 11.8 Å². The van der Waals surface area contributed by atoms with Gasteiger partial charge in [0.05, 0.1) is 17.9 Å². The Kier molecular flexibility index (Phi) is 7.40. The predicted molar refractivity (Wildman–Crippen MR) is 134 cm³/mol. The smallest absolute Gasteiger partial charge is 0.243 e. The van der Waals surface area contributed by atoms with Gasteiger partial charge in [-0.3, -0.25) is 4.79 Å². The van der Waals surface area contributed by atoms with Crippen molar-refractivity contribution in [1.29, 1.82) is 0 Å². The van der Waals surface area contributed by atoms with Gasteiger partial charge in [0, 0.05) is 50.0 Å². The van der Waals surface area contributed by atoms with E-state index in [0.29, 0.717) is 43.2 Å². The number of rotatable bonds is 5. The van der Waals surface area contributed by atoms with Crippen molar-refractivity contribution in [3.8, 4) is 5.75 Å². The molecular weight excluding hydrogens is 474 g/mol. The van der Waals surface area contributed by atoms with Crippen LogP contribution >= 0.6 is 11.6 Å². The third-order valence-corrected chi connectivity index (χ3v) is 8.94. The number of anilines is 1. The molecule has 34 heavy (non-hydrogen) atoms. The van der Waals surface area contributed by atoms with Crippen molar-refractivity contribution >= 4 is 33.2 Å². The largest absolute Gasteiger partial charge is 0.496 e. The molecule has 184 valence electrons. The molecule has 0 radical (unpaired) electrons. The van der Waals surface area contributed by atoms with Gasteiger partial charge in [-0.05, 0) is 68.1 Å². The fourth-order valence-corrected chi connectivity index (χ4v) is 6.65. The van der Waals surface area contributed by atoms with Gasteiger partial charge in [-0.1, -0.05) is 17.7 Å². The highest BCUT2D eigenvalue weighted by molar-refractivity contribution is 7.89. The topological polar surface area (TPSA) is 70.2 Å². The first-order valence-electron chi connectivity index (χ1n) is 11.7. The summed E-state index contributed by atoms with van der Waals surface area (Å²) in [4.78, 5) is 17.7. The van der Waals surface area contributed by atoms with Crippen molar-refractivity contribution in [2.75, 3.05) is 51.3 Å². The molecule has 2 aromatic rings. The number of aryl methyl sites for hydroxylation is 2. The quantitative estimate of drug-likeness (QED) is 0.619. The Morgan fingerprint density at radius 3 is 2.41 bits per heavy atom. The van der Waals surface area contributed by atoms with E-state index in [1.165, 1.54) is 4.31 Å². The second kappa shape index (κ2) is 10.1. The van der Waals surface area contributed by atoms with E-state index < -0.39 is 10.0 Å². The highest BCUT2D eigenvalue weighted by atomic mass is 35.5. The number of sulfonamides is 1. The molecule has 2 heterocycles. The van der Waals surface area contributed by atoms with Crippen LogP contribution in [0.25, 0.3) is 0 Å². The molecule has 2 aliphatic rings. The highest BCUT2D eigenvalue weighted by Gasteiger charge is 2.36. The summed E-state index contributed by atoms with van der Waals surface area (Å²) in [7, 11) is -2.11. The summed E-state index contributed by atoms with van der Waals surface area (Å²) in [6, 6.07) is 10.8. The number of amides is 1. The van der Waals surface area contributed by atoms with E-state index >= 15 is 0 Å². The molecule has 1 amide bonds. The summed E-state index contributed by atoms with van der Waals surface area (Å²) in [6.45, 7) is 7.23. The Balaban J connectivity index is 1.41. The van der Waals surface area contributed by atoms with Gasteiger partial charge in [-0.15, -0.1) is 0 Å². The minimum atomic E-state index is -3.67. The Labute approximate surface area is 207 Å². The lowest BCUT2D eigenvalue weighted by Gasteiger charge is -2.40. The zero-order valence-corrected chi connectivity index (χ0v) is 21.5. The fourth-order valence-electron chi connectivity index (χ4n) is 4.87. The molecule has 2 fully saturated rings. The fraction of sp³-hybridized carbons (Fsp3) is 0.480. The van der Waals surface area contributed by atoms with Gasteiger partial charge in [-0.25, -0.2) is 8.42 Å². The number of halogens is 1. The molecule has 9 heteroatoms. The number of carbonyl (C=O) groups is 1. The number of piperidine rings is 1. The number of piperazine rings is 1. The van der Waals surface area contributed by atoms with Gasteiger partial charge in [0.15, 0.2) is 0 Å². The number of methoxy groups -OCH3 is 1. The monoisotopic (exact) mass is 505 g/mol. The molecule has 4 rings (SSSR count). The van der Waals surface area contributed by atoms with Crippen molar-refractivity contribution < 1.29 is 17.9 Å². The second-order valence-electron chi connectivity index (χ2n) is 9.08. The van der Waals surface area contributed by atoms with Crippen LogP contribution in [-0.2, 0) is 14.8 Å². The standard InChI is InChI=1S/C25H32ClN3O4S/c1-18-6-7-21(26)16-23(18)27-11-13-28(14-12-27)25(30)20-5-4-10-29(17-20)34(31,32)22-8-9-24(33-3)19(2)15-22/h6-9,15-16,20H,4-5,10-14,17H2,1-3H3/t20-/m1/s1. The van der Waals surface area contributed by atoms with E-state index in [1.54, 1.807) is 25.3 Å². The molecule has 1 atom stereocenters. The zero-order chi connectivity index (χ0) is 24.5. The number of benzene rings is 2. The third kappa shape index (κ3) is 5.04. The summed E-state index contributed by atoms with van der Waals surface area (Å²) in [5, 5.41) is 0.703. The Bertz CT molecular complexity index is 1160. The highest BCUT2D eigenvalue weighted by Crippen LogP contribution is 2.29. The van der Waals surface area contributed by atoms with Crippen LogP contribution in [0.1, 0.15) is 24.0 Å². The first kappa shape index (κ1) is 24.8. The maximum Gasteiger partial charge on any atom is 0.243 e. The Morgan fingerprint density at radius 2 is 1.74 bits per heavy atom. The molecule has 0 bridgehead atoms. The lowest BCUT2D eigenvalue weighted by molar-refractivity contribution is -0.137. The number of hydrogen-bond donors (Lipinski definition) is 0. The van der Waals surface area contributed by atoms with E-state index in [1.807, 2.05) is 30.0 Å². The molecule has 0 spiro atoms. The maximum atomic E-state index is 13.3. The van der Waals surface area contributed by atoms with Gasteiger partial charge >= 0.3 is 0 Å². The van der Waals surface area contributed by atoms with Gasteiger partial charge in [0.25, 0.3) is 0 Å². The molecule has 2 aliphatic heterocycles. The predicted octanol–water partition coefficient (Wildman–Crippen LogP) is 3.71. The third-order valence-electron chi connectivity index (χ3n) is 6.84. The maximum absolute atomic E-state index is 13.3. The molecule has 0 N–H and O–H groups in total. The van der Waals surface area contributed by atoms with E-state index in [0.717, 1.165) is 29.9 Å². The van der Waals surface area contributed by atoms with E-state index in [9.17, 15) is 13.2 Å². The zero-order valence-electron chi connectivity index (χ0n) is 20.0. The molecule has 2 aromatic carbocycles. The number of carbonyl (C=O) groups excluding carboxylic acids is 1. The molecule has 0 saturated carbocycles. The molecule has 0 unspecified atom stereocenters. The van der Waals surface area contributed by atoms with Crippen LogP contribution in [0, 0.1) is 19.8 Å². The number of nitrogens with zero attached hydrogens (tertiary/aromatic N) is 3. The number of ether oxygens (including phenoxy) is 1. The van der Waals surface area contributed by atoms with Crippen LogP contribution in [0.2, 0.25) is 5.02 Å². The summed E-state index contributed by atoms with van der Waals surface area (Å²) >= 11 is 6.18. The lowest BCUT2D eigenvalue weighted by atomic mass is 9.97. The lowest BCUT2D eigenvalue weighted by Crippen LogP contribution is -2.53.